The normalized spacial score (nSPS) is 24.1. The van der Waals surface area contributed by atoms with E-state index in [-0.39, 0.29) is 12.6 Å². The zero-order chi connectivity index (χ0) is 15.4. The summed E-state index contributed by atoms with van der Waals surface area (Å²) in [5, 5.41) is 13.3. The highest BCUT2D eigenvalue weighted by Gasteiger charge is 2.31. The van der Waals surface area contributed by atoms with Gasteiger partial charge in [-0.25, -0.2) is 0 Å². The van der Waals surface area contributed by atoms with Gasteiger partial charge in [0.25, 0.3) is 0 Å². The first-order valence-corrected chi connectivity index (χ1v) is 7.99. The van der Waals surface area contributed by atoms with E-state index < -0.39 is 0 Å². The Morgan fingerprint density at radius 3 is 2.36 bits per heavy atom. The molecule has 1 aliphatic heterocycles. The molecule has 3 atom stereocenters. The van der Waals surface area contributed by atoms with Crippen molar-refractivity contribution in [3.05, 3.63) is 71.8 Å². The highest BCUT2D eigenvalue weighted by molar-refractivity contribution is 5.22. The van der Waals surface area contributed by atoms with Gasteiger partial charge in [-0.2, -0.15) is 0 Å². The van der Waals surface area contributed by atoms with E-state index in [0.717, 1.165) is 13.1 Å². The average Bonchev–Trinajstić information content (AvgIpc) is 2.62. The lowest BCUT2D eigenvalue weighted by molar-refractivity contribution is 0.0498. The molecule has 1 aliphatic rings. The molecule has 0 spiro atoms. The Kier molecular flexibility index (Phi) is 4.88. The van der Waals surface area contributed by atoms with Crippen molar-refractivity contribution in [3.8, 4) is 0 Å². The summed E-state index contributed by atoms with van der Waals surface area (Å²) < 4.78 is 0. The van der Waals surface area contributed by atoms with E-state index in [1.807, 2.05) is 12.1 Å². The maximum absolute atomic E-state index is 9.73. The van der Waals surface area contributed by atoms with Gasteiger partial charge in [-0.1, -0.05) is 60.7 Å². The molecule has 0 radical (unpaired) electrons. The zero-order valence-corrected chi connectivity index (χ0v) is 13.0. The van der Waals surface area contributed by atoms with Gasteiger partial charge in [-0.05, 0) is 18.1 Å². The molecule has 0 bridgehead atoms. The van der Waals surface area contributed by atoms with E-state index in [9.17, 15) is 5.11 Å². The Labute approximate surface area is 132 Å². The van der Waals surface area contributed by atoms with Crippen LogP contribution in [-0.2, 0) is 0 Å². The number of piperazine rings is 1. The summed E-state index contributed by atoms with van der Waals surface area (Å²) >= 11 is 0. The van der Waals surface area contributed by atoms with Crippen LogP contribution >= 0.6 is 0 Å². The van der Waals surface area contributed by atoms with Crippen LogP contribution in [0.3, 0.4) is 0 Å². The van der Waals surface area contributed by atoms with Crippen LogP contribution in [0.15, 0.2) is 60.7 Å². The second-order valence-electron chi connectivity index (χ2n) is 5.99. The summed E-state index contributed by atoms with van der Waals surface area (Å²) in [6.07, 6.45) is 0. The number of hydrogen-bond acceptors (Lipinski definition) is 3. The largest absolute Gasteiger partial charge is 0.395 e. The number of nitrogens with zero attached hydrogens (tertiary/aromatic N) is 1. The van der Waals surface area contributed by atoms with E-state index in [0.29, 0.717) is 12.1 Å². The van der Waals surface area contributed by atoms with Gasteiger partial charge in [0.2, 0.25) is 0 Å². The minimum atomic E-state index is 0.162. The Bertz CT molecular complexity index is 573. The molecular weight excluding hydrogens is 272 g/mol. The van der Waals surface area contributed by atoms with Crippen LogP contribution < -0.4 is 5.32 Å². The lowest BCUT2D eigenvalue weighted by atomic mass is 9.98. The molecule has 1 saturated heterocycles. The number of rotatable bonds is 4. The molecule has 0 aromatic heterocycles. The van der Waals surface area contributed by atoms with Crippen molar-refractivity contribution in [1.82, 2.24) is 10.2 Å². The fourth-order valence-electron chi connectivity index (χ4n) is 3.30. The van der Waals surface area contributed by atoms with Crippen molar-refractivity contribution < 1.29 is 5.11 Å². The summed E-state index contributed by atoms with van der Waals surface area (Å²) in [6, 6.07) is 21.9. The number of hydrogen-bond donors (Lipinski definition) is 2. The van der Waals surface area contributed by atoms with Gasteiger partial charge in [-0.15, -0.1) is 0 Å². The molecule has 116 valence electrons. The van der Waals surface area contributed by atoms with Crippen LogP contribution in [0.2, 0.25) is 0 Å². The van der Waals surface area contributed by atoms with Gasteiger partial charge in [0.1, 0.15) is 0 Å². The molecule has 3 nitrogen and oxygen atoms in total. The Morgan fingerprint density at radius 1 is 1.09 bits per heavy atom. The van der Waals surface area contributed by atoms with Gasteiger partial charge in [-0.3, -0.25) is 4.90 Å². The van der Waals surface area contributed by atoms with Crippen molar-refractivity contribution in [2.24, 2.45) is 0 Å². The molecule has 1 fully saturated rings. The van der Waals surface area contributed by atoms with Crippen molar-refractivity contribution in [3.63, 3.8) is 0 Å². The topological polar surface area (TPSA) is 35.5 Å². The number of aliphatic hydroxyl groups excluding tert-OH is 1. The van der Waals surface area contributed by atoms with Gasteiger partial charge < -0.3 is 10.4 Å². The third-order valence-corrected chi connectivity index (χ3v) is 4.65. The van der Waals surface area contributed by atoms with Crippen LogP contribution in [-0.4, -0.2) is 35.7 Å². The third-order valence-electron chi connectivity index (χ3n) is 4.65. The monoisotopic (exact) mass is 296 g/mol. The molecule has 2 aromatic carbocycles. The molecule has 2 N–H and O–H groups in total. The summed E-state index contributed by atoms with van der Waals surface area (Å²) in [5.41, 5.74) is 2.61. The Morgan fingerprint density at radius 2 is 1.73 bits per heavy atom. The molecule has 2 aromatic rings. The second kappa shape index (κ2) is 7.05. The predicted molar refractivity (Wildman–Crippen MR) is 89.6 cm³/mol. The van der Waals surface area contributed by atoms with E-state index in [1.165, 1.54) is 11.1 Å². The highest BCUT2D eigenvalue weighted by Crippen LogP contribution is 2.28. The lowest BCUT2D eigenvalue weighted by Crippen LogP contribution is -2.54. The van der Waals surface area contributed by atoms with Crippen molar-refractivity contribution in [2.45, 2.75) is 25.0 Å². The molecule has 0 saturated carbocycles. The van der Waals surface area contributed by atoms with E-state index in [2.05, 4.69) is 65.7 Å². The van der Waals surface area contributed by atoms with Crippen LogP contribution in [0, 0.1) is 0 Å². The van der Waals surface area contributed by atoms with Gasteiger partial charge in [0.15, 0.2) is 0 Å². The first-order valence-electron chi connectivity index (χ1n) is 7.99. The maximum atomic E-state index is 9.73. The summed E-state index contributed by atoms with van der Waals surface area (Å²) in [5.74, 6) is 0. The van der Waals surface area contributed by atoms with Gasteiger partial charge >= 0.3 is 0 Å². The van der Waals surface area contributed by atoms with Crippen molar-refractivity contribution in [2.75, 3.05) is 19.7 Å². The Hall–Kier alpha value is -1.68. The standard InChI is InChI=1S/C19H24N2O/c1-15(16-8-4-2-5-9-16)21-13-19(20-12-18(21)14-22)17-10-6-3-7-11-17/h2-11,15,18-20,22H,12-14H2,1H3. The minimum absolute atomic E-state index is 0.162. The van der Waals surface area contributed by atoms with Crippen LogP contribution in [0.25, 0.3) is 0 Å². The molecule has 3 unspecified atom stereocenters. The highest BCUT2D eigenvalue weighted by atomic mass is 16.3. The fourth-order valence-corrected chi connectivity index (χ4v) is 3.30. The van der Waals surface area contributed by atoms with E-state index in [1.54, 1.807) is 0 Å². The molecule has 3 rings (SSSR count). The van der Waals surface area contributed by atoms with Crippen LogP contribution in [0.5, 0.6) is 0 Å². The summed E-state index contributed by atoms with van der Waals surface area (Å²) in [7, 11) is 0. The van der Waals surface area contributed by atoms with E-state index in [4.69, 9.17) is 0 Å². The first kappa shape index (κ1) is 15.2. The molecule has 3 heteroatoms. The third kappa shape index (κ3) is 3.22. The number of nitrogens with one attached hydrogen (secondary N) is 1. The maximum Gasteiger partial charge on any atom is 0.0599 e. The lowest BCUT2D eigenvalue weighted by Gasteiger charge is -2.43. The molecule has 0 aliphatic carbocycles. The number of benzene rings is 2. The van der Waals surface area contributed by atoms with Crippen LogP contribution in [0.1, 0.15) is 30.1 Å². The SMILES string of the molecule is CC(c1ccccc1)N1CC(c2ccccc2)NCC1CO. The zero-order valence-electron chi connectivity index (χ0n) is 13.0. The molecular formula is C19H24N2O. The summed E-state index contributed by atoms with van der Waals surface area (Å²) in [4.78, 5) is 2.42. The number of aliphatic hydroxyl groups is 1. The predicted octanol–water partition coefficient (Wildman–Crippen LogP) is 2.76. The van der Waals surface area contributed by atoms with Crippen molar-refractivity contribution in [1.29, 1.82) is 0 Å². The average molecular weight is 296 g/mol. The van der Waals surface area contributed by atoms with Gasteiger partial charge in [0.05, 0.1) is 6.61 Å². The Balaban J connectivity index is 1.80. The van der Waals surface area contributed by atoms with Crippen molar-refractivity contribution >= 4 is 0 Å². The van der Waals surface area contributed by atoms with Gasteiger partial charge in [0, 0.05) is 31.2 Å². The summed E-state index contributed by atoms with van der Waals surface area (Å²) in [6.45, 7) is 4.13. The quantitative estimate of drug-likeness (QED) is 0.910. The van der Waals surface area contributed by atoms with E-state index >= 15 is 0 Å². The molecule has 22 heavy (non-hydrogen) atoms. The fraction of sp³-hybridized carbons (Fsp3) is 0.368. The minimum Gasteiger partial charge on any atom is -0.395 e. The second-order valence-corrected chi connectivity index (χ2v) is 5.99. The smallest absolute Gasteiger partial charge is 0.0599 e. The molecule has 0 amide bonds. The molecule has 1 heterocycles. The first-order chi connectivity index (χ1) is 10.8. The van der Waals surface area contributed by atoms with Crippen LogP contribution in [0.4, 0.5) is 0 Å².